The van der Waals surface area contributed by atoms with Crippen LogP contribution >= 0.6 is 0 Å². The molecule has 0 bridgehead atoms. The van der Waals surface area contributed by atoms with Gasteiger partial charge in [0.1, 0.15) is 5.75 Å². The summed E-state index contributed by atoms with van der Waals surface area (Å²) in [5, 5.41) is 34.6. The van der Waals surface area contributed by atoms with E-state index in [1.807, 2.05) is 31.2 Å². The summed E-state index contributed by atoms with van der Waals surface area (Å²) in [6, 6.07) is 9.52. The maximum atomic E-state index is 14.0. The predicted molar refractivity (Wildman–Crippen MR) is 148 cm³/mol. The number of nitrogens with zero attached hydrogens (tertiary/aromatic N) is 1. The third kappa shape index (κ3) is 4.00. The third-order valence-corrected chi connectivity index (χ3v) is 9.05. The van der Waals surface area contributed by atoms with E-state index in [9.17, 15) is 39.3 Å². The van der Waals surface area contributed by atoms with Crippen molar-refractivity contribution in [2.75, 3.05) is 14.1 Å². The second-order valence-electron chi connectivity index (χ2n) is 11.6. The highest BCUT2D eigenvalue weighted by Crippen LogP contribution is 2.54. The smallest absolute Gasteiger partial charge is 0.235 e. The van der Waals surface area contributed by atoms with Gasteiger partial charge in [-0.25, -0.2) is 0 Å². The van der Waals surface area contributed by atoms with Crippen LogP contribution in [0.3, 0.4) is 0 Å². The minimum absolute atomic E-state index is 0.137. The standard InChI is InChI=1S/C31H32N2O8/c1-13-5-7-15(8-6-13)9-10-16-11-12-17-14(2)18-20(25(35)19(17)24(16)34)28(38)31(41)22(26(18)36)23(33(3)4)27(37)21(29(31)39)30(32)40/h5-12,14,18,20-23,26,34,36,41H,1-4H3,(H2,32,40)/t14-,18+,20?,21?,22+,23-,26-,31-/m1/s1. The molecule has 0 aliphatic heterocycles. The van der Waals surface area contributed by atoms with Crippen LogP contribution in [0.2, 0.25) is 0 Å². The number of aliphatic hydroxyl groups is 2. The summed E-state index contributed by atoms with van der Waals surface area (Å²) < 4.78 is 0. The Kier molecular flexibility index (Phi) is 6.84. The van der Waals surface area contributed by atoms with Gasteiger partial charge in [-0.1, -0.05) is 61.0 Å². The van der Waals surface area contributed by atoms with Crippen LogP contribution in [-0.4, -0.2) is 81.1 Å². The molecule has 0 radical (unpaired) electrons. The van der Waals surface area contributed by atoms with Gasteiger partial charge in [0.15, 0.2) is 34.7 Å². The molecule has 2 saturated carbocycles. The van der Waals surface area contributed by atoms with E-state index in [-0.39, 0.29) is 11.3 Å². The zero-order valence-electron chi connectivity index (χ0n) is 23.1. The number of phenols is 1. The van der Waals surface area contributed by atoms with Crippen molar-refractivity contribution >= 4 is 41.2 Å². The van der Waals surface area contributed by atoms with Crippen molar-refractivity contribution in [2.24, 2.45) is 29.4 Å². The molecule has 5 N–H and O–H groups in total. The summed E-state index contributed by atoms with van der Waals surface area (Å²) in [6.07, 6.45) is 1.72. The van der Waals surface area contributed by atoms with Gasteiger partial charge in [0.05, 0.1) is 29.5 Å². The van der Waals surface area contributed by atoms with Crippen molar-refractivity contribution in [3.8, 4) is 5.75 Å². The molecule has 10 heteroatoms. The normalized spacial score (nSPS) is 33.1. The Balaban J connectivity index is 1.63. The van der Waals surface area contributed by atoms with Crippen LogP contribution in [0.1, 0.15) is 45.5 Å². The van der Waals surface area contributed by atoms with Gasteiger partial charge in [0.25, 0.3) is 0 Å². The minimum Gasteiger partial charge on any atom is -0.507 e. The molecule has 2 unspecified atom stereocenters. The number of hydrogen-bond donors (Lipinski definition) is 4. The second kappa shape index (κ2) is 9.83. The molecular weight excluding hydrogens is 528 g/mol. The Labute approximate surface area is 236 Å². The molecule has 0 aromatic heterocycles. The summed E-state index contributed by atoms with van der Waals surface area (Å²) in [5.41, 5.74) is 4.82. The summed E-state index contributed by atoms with van der Waals surface area (Å²) in [4.78, 5) is 68.1. The number of ketones is 4. The molecule has 214 valence electrons. The SMILES string of the molecule is Cc1ccc(C=Cc2ccc3c(c2O)C(=O)C2C(=O)[C@@]4(O)C(=O)C(C(N)=O)C(=O)[C@H](N(C)C)[C@H]4[C@H](O)[C@H]2[C@@H]3C)cc1. The van der Waals surface area contributed by atoms with Gasteiger partial charge in [0.2, 0.25) is 5.91 Å². The number of nitrogens with two attached hydrogens (primary N) is 1. The largest absolute Gasteiger partial charge is 0.507 e. The zero-order chi connectivity index (χ0) is 30.1. The van der Waals surface area contributed by atoms with E-state index in [0.29, 0.717) is 11.1 Å². The van der Waals surface area contributed by atoms with Crippen LogP contribution in [0, 0.1) is 30.6 Å². The molecule has 8 atom stereocenters. The highest BCUT2D eigenvalue weighted by Gasteiger charge is 2.72. The molecule has 0 saturated heterocycles. The van der Waals surface area contributed by atoms with Crippen molar-refractivity contribution in [3.05, 3.63) is 64.2 Å². The van der Waals surface area contributed by atoms with Gasteiger partial charge in [-0.2, -0.15) is 0 Å². The first kappa shape index (κ1) is 28.5. The Hall–Kier alpha value is -3.99. The number of benzene rings is 2. The van der Waals surface area contributed by atoms with E-state index < -0.39 is 76.4 Å². The first-order valence-corrected chi connectivity index (χ1v) is 13.4. The average Bonchev–Trinajstić information content (AvgIpc) is 2.90. The van der Waals surface area contributed by atoms with Gasteiger partial charge >= 0.3 is 0 Å². The molecular formula is C31H32N2O8. The Bertz CT molecular complexity index is 1530. The number of carbonyl (C=O) groups excluding carboxylic acids is 5. The van der Waals surface area contributed by atoms with Gasteiger partial charge in [-0.15, -0.1) is 0 Å². The number of phenolic OH excluding ortho intramolecular Hbond substituents is 1. The van der Waals surface area contributed by atoms with Crippen LogP contribution in [-0.2, 0) is 19.2 Å². The quantitative estimate of drug-likeness (QED) is 0.312. The Morgan fingerprint density at radius 2 is 1.63 bits per heavy atom. The van der Waals surface area contributed by atoms with E-state index in [1.165, 1.54) is 19.0 Å². The van der Waals surface area contributed by atoms with Crippen molar-refractivity contribution < 1.29 is 39.3 Å². The summed E-state index contributed by atoms with van der Waals surface area (Å²) in [7, 11) is 2.91. The van der Waals surface area contributed by atoms with E-state index >= 15 is 0 Å². The van der Waals surface area contributed by atoms with Crippen molar-refractivity contribution in [3.63, 3.8) is 0 Å². The fourth-order valence-corrected chi connectivity index (χ4v) is 7.00. The van der Waals surface area contributed by atoms with E-state index in [1.54, 1.807) is 31.2 Å². The number of aliphatic hydroxyl groups excluding tert-OH is 1. The molecule has 2 aromatic carbocycles. The number of Topliss-reactive ketones (excluding diaryl/α,β-unsaturated/α-hetero) is 4. The first-order chi connectivity index (χ1) is 19.2. The van der Waals surface area contributed by atoms with E-state index in [4.69, 9.17) is 5.73 Å². The number of carbonyl (C=O) groups is 5. The molecule has 3 aliphatic rings. The molecule has 0 heterocycles. The van der Waals surface area contributed by atoms with Gasteiger partial charge in [-0.05, 0) is 38.1 Å². The number of likely N-dealkylation sites (N-methyl/N-ethyl adjacent to an activating group) is 1. The minimum atomic E-state index is -3.02. The topological polar surface area (TPSA) is 175 Å². The lowest BCUT2D eigenvalue weighted by atomic mass is 9.49. The lowest BCUT2D eigenvalue weighted by Crippen LogP contribution is -2.77. The van der Waals surface area contributed by atoms with Crippen LogP contribution in [0.5, 0.6) is 5.75 Å². The van der Waals surface area contributed by atoms with Gasteiger partial charge < -0.3 is 21.1 Å². The average molecular weight is 561 g/mol. The lowest BCUT2D eigenvalue weighted by Gasteiger charge is -2.56. The number of rotatable bonds is 4. The molecule has 2 fully saturated rings. The fraction of sp³-hybridized carbons (Fsp3) is 0.387. The number of aryl methyl sites for hydroxylation is 1. The summed E-state index contributed by atoms with van der Waals surface area (Å²) in [5.74, 6) is -13.4. The second-order valence-corrected chi connectivity index (χ2v) is 11.6. The molecule has 2 aromatic rings. The highest BCUT2D eigenvalue weighted by molar-refractivity contribution is 6.32. The van der Waals surface area contributed by atoms with Crippen molar-refractivity contribution in [1.29, 1.82) is 0 Å². The van der Waals surface area contributed by atoms with Crippen LogP contribution in [0.15, 0.2) is 36.4 Å². The molecule has 3 aliphatic carbocycles. The third-order valence-electron chi connectivity index (χ3n) is 9.05. The monoisotopic (exact) mass is 560 g/mol. The highest BCUT2D eigenvalue weighted by atomic mass is 16.3. The van der Waals surface area contributed by atoms with Crippen molar-refractivity contribution in [1.82, 2.24) is 4.90 Å². The molecule has 10 nitrogen and oxygen atoms in total. The number of primary amides is 1. The Morgan fingerprint density at radius 3 is 2.22 bits per heavy atom. The molecule has 41 heavy (non-hydrogen) atoms. The van der Waals surface area contributed by atoms with E-state index in [0.717, 1.165) is 11.1 Å². The predicted octanol–water partition coefficient (Wildman–Crippen LogP) is 0.878. The van der Waals surface area contributed by atoms with Crippen LogP contribution in [0.25, 0.3) is 12.2 Å². The number of fused-ring (bicyclic) bond motifs is 3. The Morgan fingerprint density at radius 1 is 1.00 bits per heavy atom. The summed E-state index contributed by atoms with van der Waals surface area (Å²) >= 11 is 0. The van der Waals surface area contributed by atoms with Crippen LogP contribution < -0.4 is 5.73 Å². The van der Waals surface area contributed by atoms with Crippen molar-refractivity contribution in [2.45, 2.75) is 37.5 Å². The summed E-state index contributed by atoms with van der Waals surface area (Å²) in [6.45, 7) is 3.63. The number of aromatic hydroxyl groups is 1. The van der Waals surface area contributed by atoms with Gasteiger partial charge in [0, 0.05) is 11.5 Å². The maximum absolute atomic E-state index is 14.0. The number of hydrogen-bond acceptors (Lipinski definition) is 9. The van der Waals surface area contributed by atoms with E-state index in [2.05, 4.69) is 0 Å². The molecule has 1 amide bonds. The zero-order valence-corrected chi connectivity index (χ0v) is 23.1. The van der Waals surface area contributed by atoms with Crippen LogP contribution in [0.4, 0.5) is 0 Å². The van der Waals surface area contributed by atoms with Gasteiger partial charge in [-0.3, -0.25) is 28.9 Å². The molecule has 5 rings (SSSR count). The lowest BCUT2D eigenvalue weighted by molar-refractivity contribution is -0.196. The fourth-order valence-electron chi connectivity index (χ4n) is 7.00. The molecule has 0 spiro atoms. The maximum Gasteiger partial charge on any atom is 0.235 e. The number of amides is 1. The first-order valence-electron chi connectivity index (χ1n) is 13.4.